The van der Waals surface area contributed by atoms with Crippen molar-refractivity contribution >= 4 is 11.7 Å². The molecule has 0 bridgehead atoms. The number of hydrogen-bond acceptors (Lipinski definition) is 4. The van der Waals surface area contributed by atoms with E-state index in [1.165, 1.54) is 0 Å². The lowest BCUT2D eigenvalue weighted by molar-refractivity contribution is -0.0588. The Balaban J connectivity index is 2.46. The van der Waals surface area contributed by atoms with E-state index in [0.29, 0.717) is 17.4 Å². The zero-order chi connectivity index (χ0) is 11.8. The fraction of sp³-hybridized carbons (Fsp3) is 0.364. The highest BCUT2D eigenvalue weighted by molar-refractivity contribution is 6.13. The molecule has 2 rings (SSSR count). The standard InChI is InChI=1S/C11H14N4O/c1-11(2)10(12-3)14-9(15(11)16)8-6-4-5-7-13-8/h4-7,16H,1-3H3. The van der Waals surface area contributed by atoms with Gasteiger partial charge in [0.2, 0.25) is 0 Å². The molecule has 0 aliphatic carbocycles. The van der Waals surface area contributed by atoms with E-state index in [9.17, 15) is 5.21 Å². The van der Waals surface area contributed by atoms with Crippen LogP contribution in [0.5, 0.6) is 0 Å². The Bertz CT molecular complexity index is 450. The molecule has 1 N–H and O–H groups in total. The summed E-state index contributed by atoms with van der Waals surface area (Å²) in [5.74, 6) is 1.03. The van der Waals surface area contributed by atoms with Crippen LogP contribution in [0, 0.1) is 0 Å². The predicted molar refractivity (Wildman–Crippen MR) is 61.8 cm³/mol. The van der Waals surface area contributed by atoms with E-state index in [-0.39, 0.29) is 0 Å². The van der Waals surface area contributed by atoms with Gasteiger partial charge in [0.05, 0.1) is 0 Å². The highest BCUT2D eigenvalue weighted by Crippen LogP contribution is 2.24. The van der Waals surface area contributed by atoms with Crippen LogP contribution < -0.4 is 0 Å². The Kier molecular flexibility index (Phi) is 2.47. The molecular formula is C11H14N4O. The molecule has 5 heteroatoms. The largest absolute Gasteiger partial charge is 0.286 e. The number of amidine groups is 2. The van der Waals surface area contributed by atoms with Gasteiger partial charge in [0.15, 0.2) is 11.7 Å². The normalized spacial score (nSPS) is 21.4. The molecule has 0 atom stereocenters. The third kappa shape index (κ3) is 1.49. The molecule has 0 radical (unpaired) electrons. The van der Waals surface area contributed by atoms with Crippen LogP contribution in [-0.2, 0) is 0 Å². The van der Waals surface area contributed by atoms with Crippen molar-refractivity contribution in [1.29, 1.82) is 0 Å². The van der Waals surface area contributed by atoms with Gasteiger partial charge in [-0.2, -0.15) is 0 Å². The van der Waals surface area contributed by atoms with Gasteiger partial charge in [0, 0.05) is 13.2 Å². The van der Waals surface area contributed by atoms with E-state index < -0.39 is 5.54 Å². The van der Waals surface area contributed by atoms with E-state index in [0.717, 1.165) is 5.06 Å². The number of rotatable bonds is 1. The maximum Gasteiger partial charge on any atom is 0.181 e. The Morgan fingerprint density at radius 1 is 1.38 bits per heavy atom. The van der Waals surface area contributed by atoms with Gasteiger partial charge < -0.3 is 0 Å². The summed E-state index contributed by atoms with van der Waals surface area (Å²) in [4.78, 5) is 12.5. The fourth-order valence-corrected chi connectivity index (χ4v) is 1.63. The van der Waals surface area contributed by atoms with Crippen molar-refractivity contribution in [2.45, 2.75) is 19.4 Å². The first-order valence-electron chi connectivity index (χ1n) is 5.04. The summed E-state index contributed by atoms with van der Waals surface area (Å²) in [5.41, 5.74) is 0.0263. The van der Waals surface area contributed by atoms with Gasteiger partial charge in [-0.25, -0.2) is 10.1 Å². The molecular weight excluding hydrogens is 204 g/mol. The number of nitrogens with zero attached hydrogens (tertiary/aromatic N) is 4. The van der Waals surface area contributed by atoms with Gasteiger partial charge in [0.1, 0.15) is 11.2 Å². The van der Waals surface area contributed by atoms with Crippen LogP contribution in [0.1, 0.15) is 19.5 Å². The predicted octanol–water partition coefficient (Wildman–Crippen LogP) is 1.34. The Hall–Kier alpha value is -1.75. The first-order valence-corrected chi connectivity index (χ1v) is 5.04. The van der Waals surface area contributed by atoms with Crippen molar-refractivity contribution in [3.8, 4) is 0 Å². The third-order valence-corrected chi connectivity index (χ3v) is 2.59. The van der Waals surface area contributed by atoms with Crippen LogP contribution in [0.25, 0.3) is 0 Å². The second kappa shape index (κ2) is 3.68. The number of aliphatic imine (C=N–C) groups is 2. The van der Waals surface area contributed by atoms with Gasteiger partial charge in [0.25, 0.3) is 0 Å². The molecule has 0 saturated carbocycles. The van der Waals surface area contributed by atoms with E-state index in [4.69, 9.17) is 0 Å². The van der Waals surface area contributed by atoms with Gasteiger partial charge in [-0.1, -0.05) is 6.07 Å². The second-order valence-electron chi connectivity index (χ2n) is 4.07. The van der Waals surface area contributed by atoms with Gasteiger partial charge in [-0.15, -0.1) is 0 Å². The minimum atomic E-state index is -0.610. The molecule has 0 unspecified atom stereocenters. The molecule has 0 saturated heterocycles. The van der Waals surface area contributed by atoms with Crippen LogP contribution in [0.3, 0.4) is 0 Å². The highest BCUT2D eigenvalue weighted by atomic mass is 16.5. The molecule has 0 spiro atoms. The lowest BCUT2D eigenvalue weighted by Crippen LogP contribution is -2.45. The molecule has 1 aliphatic heterocycles. The topological polar surface area (TPSA) is 61.1 Å². The smallest absolute Gasteiger partial charge is 0.181 e. The second-order valence-corrected chi connectivity index (χ2v) is 4.07. The summed E-state index contributed by atoms with van der Waals surface area (Å²) in [5, 5.41) is 11.2. The third-order valence-electron chi connectivity index (χ3n) is 2.59. The fourth-order valence-electron chi connectivity index (χ4n) is 1.63. The van der Waals surface area contributed by atoms with E-state index in [1.807, 2.05) is 26.0 Å². The molecule has 0 aromatic carbocycles. The molecule has 1 aliphatic rings. The summed E-state index contributed by atoms with van der Waals surface area (Å²) < 4.78 is 0. The van der Waals surface area contributed by atoms with Crippen LogP contribution in [0.15, 0.2) is 34.4 Å². The van der Waals surface area contributed by atoms with E-state index in [2.05, 4.69) is 15.0 Å². The summed E-state index contributed by atoms with van der Waals surface area (Å²) in [6.07, 6.45) is 1.67. The Labute approximate surface area is 94.1 Å². The number of hydroxylamine groups is 2. The average Bonchev–Trinajstić information content (AvgIpc) is 2.52. The molecule has 16 heavy (non-hydrogen) atoms. The molecule has 0 fully saturated rings. The molecule has 5 nitrogen and oxygen atoms in total. The Morgan fingerprint density at radius 3 is 2.62 bits per heavy atom. The SMILES string of the molecule is CN=C1N=C(c2ccccn2)N(O)C1(C)C. The van der Waals surface area contributed by atoms with Gasteiger partial charge in [-0.3, -0.25) is 15.2 Å². The molecule has 2 heterocycles. The van der Waals surface area contributed by atoms with Gasteiger partial charge in [-0.05, 0) is 26.0 Å². The number of hydrogen-bond donors (Lipinski definition) is 1. The van der Waals surface area contributed by atoms with Crippen molar-refractivity contribution in [2.75, 3.05) is 7.05 Å². The van der Waals surface area contributed by atoms with Crippen molar-refractivity contribution in [1.82, 2.24) is 10.0 Å². The van der Waals surface area contributed by atoms with Crippen molar-refractivity contribution in [2.24, 2.45) is 9.98 Å². The van der Waals surface area contributed by atoms with Crippen LogP contribution >= 0.6 is 0 Å². The molecule has 1 aromatic heterocycles. The van der Waals surface area contributed by atoms with Gasteiger partial charge >= 0.3 is 0 Å². The number of pyridine rings is 1. The molecule has 0 amide bonds. The first-order chi connectivity index (χ1) is 7.57. The summed E-state index contributed by atoms with van der Waals surface area (Å²) in [6.45, 7) is 3.71. The van der Waals surface area contributed by atoms with E-state index >= 15 is 0 Å². The summed E-state index contributed by atoms with van der Waals surface area (Å²) in [6, 6.07) is 5.48. The number of aromatic nitrogens is 1. The average molecular weight is 218 g/mol. The summed E-state index contributed by atoms with van der Waals surface area (Å²) >= 11 is 0. The minimum Gasteiger partial charge on any atom is -0.286 e. The van der Waals surface area contributed by atoms with Crippen LogP contribution in [0.2, 0.25) is 0 Å². The molecule has 84 valence electrons. The monoisotopic (exact) mass is 218 g/mol. The quantitative estimate of drug-likeness (QED) is 0.773. The Morgan fingerprint density at radius 2 is 2.12 bits per heavy atom. The van der Waals surface area contributed by atoms with Crippen molar-refractivity contribution < 1.29 is 5.21 Å². The zero-order valence-electron chi connectivity index (χ0n) is 9.55. The lowest BCUT2D eigenvalue weighted by atomic mass is 10.1. The minimum absolute atomic E-state index is 0.436. The summed E-state index contributed by atoms with van der Waals surface area (Å²) in [7, 11) is 1.66. The highest BCUT2D eigenvalue weighted by Gasteiger charge is 2.40. The van der Waals surface area contributed by atoms with Crippen molar-refractivity contribution in [3.05, 3.63) is 30.1 Å². The van der Waals surface area contributed by atoms with Crippen LogP contribution in [0.4, 0.5) is 0 Å². The maximum absolute atomic E-state index is 10.1. The zero-order valence-corrected chi connectivity index (χ0v) is 9.55. The van der Waals surface area contributed by atoms with Crippen LogP contribution in [-0.4, -0.2) is 39.5 Å². The molecule has 1 aromatic rings. The lowest BCUT2D eigenvalue weighted by Gasteiger charge is -2.27. The van der Waals surface area contributed by atoms with Crippen molar-refractivity contribution in [3.63, 3.8) is 0 Å². The first kappa shape index (κ1) is 10.8. The van der Waals surface area contributed by atoms with E-state index in [1.54, 1.807) is 19.3 Å². The maximum atomic E-state index is 10.1.